The summed E-state index contributed by atoms with van der Waals surface area (Å²) >= 11 is 0. The maximum absolute atomic E-state index is 13.7. The second kappa shape index (κ2) is 9.92. The number of nitrogens with zero attached hydrogens (tertiary/aromatic N) is 3. The smallest absolute Gasteiger partial charge is 0.250 e. The molecule has 7 heteroatoms. The Kier molecular flexibility index (Phi) is 7.01. The van der Waals surface area contributed by atoms with Crippen LogP contribution in [0.3, 0.4) is 0 Å². The molecule has 0 aromatic heterocycles. The van der Waals surface area contributed by atoms with Crippen LogP contribution in [0, 0.1) is 5.92 Å². The van der Waals surface area contributed by atoms with Crippen molar-refractivity contribution in [3.05, 3.63) is 30.3 Å². The van der Waals surface area contributed by atoms with Gasteiger partial charge in [-0.2, -0.15) is 0 Å². The van der Waals surface area contributed by atoms with E-state index in [-0.39, 0.29) is 24.3 Å². The van der Waals surface area contributed by atoms with Gasteiger partial charge in [0, 0.05) is 31.7 Å². The minimum absolute atomic E-state index is 0.0118. The number of hydrogen-bond acceptors (Lipinski definition) is 4. The third-order valence-corrected chi connectivity index (χ3v) is 7.47. The van der Waals surface area contributed by atoms with Crippen LogP contribution in [0.2, 0.25) is 0 Å². The van der Waals surface area contributed by atoms with E-state index in [0.29, 0.717) is 51.5 Å². The van der Waals surface area contributed by atoms with Gasteiger partial charge in [-0.05, 0) is 43.7 Å². The molecule has 1 aliphatic carbocycles. The fourth-order valence-corrected chi connectivity index (χ4v) is 5.55. The maximum atomic E-state index is 13.7. The van der Waals surface area contributed by atoms with Crippen molar-refractivity contribution < 1.29 is 14.4 Å². The average Bonchev–Trinajstić information content (AvgIpc) is 3.10. The molecule has 0 radical (unpaired) electrons. The van der Waals surface area contributed by atoms with Gasteiger partial charge in [0.05, 0.1) is 6.67 Å². The summed E-state index contributed by atoms with van der Waals surface area (Å²) in [5, 5.41) is 3.07. The van der Waals surface area contributed by atoms with E-state index >= 15 is 0 Å². The van der Waals surface area contributed by atoms with Crippen molar-refractivity contribution in [3.63, 3.8) is 0 Å². The fraction of sp³-hybridized carbons (Fsp3) is 0.640. The number of anilines is 1. The van der Waals surface area contributed by atoms with Crippen LogP contribution in [0.1, 0.15) is 58.3 Å². The molecule has 1 saturated carbocycles. The molecule has 1 spiro atoms. The highest BCUT2D eigenvalue weighted by Gasteiger charge is 2.54. The number of para-hydroxylation sites is 1. The Morgan fingerprint density at radius 3 is 2.41 bits per heavy atom. The van der Waals surface area contributed by atoms with E-state index < -0.39 is 5.54 Å². The first kappa shape index (κ1) is 22.6. The third-order valence-electron chi connectivity index (χ3n) is 7.47. The maximum Gasteiger partial charge on any atom is 0.250 e. The van der Waals surface area contributed by atoms with Crippen molar-refractivity contribution in [1.29, 1.82) is 0 Å². The van der Waals surface area contributed by atoms with Gasteiger partial charge in [-0.25, -0.2) is 0 Å². The summed E-state index contributed by atoms with van der Waals surface area (Å²) in [6, 6.07) is 9.95. The molecule has 1 aromatic carbocycles. The van der Waals surface area contributed by atoms with Crippen LogP contribution in [0.15, 0.2) is 30.3 Å². The van der Waals surface area contributed by atoms with E-state index in [2.05, 4.69) is 10.2 Å². The summed E-state index contributed by atoms with van der Waals surface area (Å²) in [6.45, 7) is 4.22. The van der Waals surface area contributed by atoms with Gasteiger partial charge < -0.3 is 20.0 Å². The summed E-state index contributed by atoms with van der Waals surface area (Å²) in [6.07, 6.45) is 7.82. The van der Waals surface area contributed by atoms with Gasteiger partial charge in [-0.3, -0.25) is 14.4 Å². The van der Waals surface area contributed by atoms with Crippen molar-refractivity contribution in [2.24, 2.45) is 5.92 Å². The quantitative estimate of drug-likeness (QED) is 0.738. The number of carbonyl (C=O) groups excluding carboxylic acids is 3. The molecule has 2 saturated heterocycles. The Bertz CT molecular complexity index is 814. The van der Waals surface area contributed by atoms with Crippen LogP contribution in [-0.2, 0) is 14.4 Å². The first-order chi connectivity index (χ1) is 15.5. The largest absolute Gasteiger partial charge is 0.354 e. The number of carbonyl (C=O) groups is 3. The van der Waals surface area contributed by atoms with E-state index in [9.17, 15) is 14.4 Å². The van der Waals surface area contributed by atoms with Crippen molar-refractivity contribution in [3.8, 4) is 0 Å². The minimum Gasteiger partial charge on any atom is -0.354 e. The predicted molar refractivity (Wildman–Crippen MR) is 124 cm³/mol. The number of benzene rings is 1. The second-order valence-corrected chi connectivity index (χ2v) is 9.48. The number of amides is 3. The van der Waals surface area contributed by atoms with Gasteiger partial charge in [0.1, 0.15) is 12.1 Å². The molecule has 0 unspecified atom stereocenters. The van der Waals surface area contributed by atoms with Crippen LogP contribution in [-0.4, -0.2) is 65.9 Å². The van der Waals surface area contributed by atoms with Crippen LogP contribution >= 0.6 is 0 Å². The highest BCUT2D eigenvalue weighted by atomic mass is 16.2. The monoisotopic (exact) mass is 440 g/mol. The van der Waals surface area contributed by atoms with Crippen LogP contribution in [0.5, 0.6) is 0 Å². The lowest BCUT2D eigenvalue weighted by molar-refractivity contribution is -0.139. The summed E-state index contributed by atoms with van der Waals surface area (Å²) < 4.78 is 0. The van der Waals surface area contributed by atoms with Gasteiger partial charge >= 0.3 is 0 Å². The lowest BCUT2D eigenvalue weighted by Crippen LogP contribution is -2.57. The second-order valence-electron chi connectivity index (χ2n) is 9.48. The Balaban J connectivity index is 1.45. The molecule has 2 heterocycles. The summed E-state index contributed by atoms with van der Waals surface area (Å²) in [5.41, 5.74) is 0.302. The number of hydrogen-bond donors (Lipinski definition) is 1. The highest BCUT2D eigenvalue weighted by Crippen LogP contribution is 2.39. The van der Waals surface area contributed by atoms with Crippen LogP contribution < -0.4 is 10.2 Å². The van der Waals surface area contributed by atoms with E-state index in [1.807, 2.05) is 42.2 Å². The molecule has 3 aliphatic rings. The van der Waals surface area contributed by atoms with Crippen molar-refractivity contribution in [1.82, 2.24) is 15.1 Å². The van der Waals surface area contributed by atoms with Crippen LogP contribution in [0.25, 0.3) is 0 Å². The molecule has 3 amide bonds. The molecule has 0 atom stereocenters. The van der Waals surface area contributed by atoms with Gasteiger partial charge in [0.25, 0.3) is 5.91 Å². The zero-order valence-electron chi connectivity index (χ0n) is 19.2. The highest BCUT2D eigenvalue weighted by molar-refractivity contribution is 5.96. The fourth-order valence-electron chi connectivity index (χ4n) is 5.55. The molecule has 3 fully saturated rings. The van der Waals surface area contributed by atoms with Gasteiger partial charge in [0.2, 0.25) is 11.8 Å². The Labute approximate surface area is 191 Å². The van der Waals surface area contributed by atoms with Crippen molar-refractivity contribution in [2.45, 2.75) is 63.8 Å². The lowest BCUT2D eigenvalue weighted by atomic mass is 9.85. The Morgan fingerprint density at radius 2 is 1.75 bits per heavy atom. The van der Waals surface area contributed by atoms with E-state index in [1.165, 1.54) is 32.1 Å². The number of nitrogens with one attached hydrogen (secondary N) is 1. The molecule has 174 valence electrons. The number of rotatable bonds is 6. The zero-order chi connectivity index (χ0) is 22.6. The summed E-state index contributed by atoms with van der Waals surface area (Å²) in [4.78, 5) is 44.2. The molecule has 4 rings (SSSR count). The van der Waals surface area contributed by atoms with Crippen LogP contribution in [0.4, 0.5) is 5.69 Å². The van der Waals surface area contributed by atoms with E-state index in [1.54, 1.807) is 4.90 Å². The number of likely N-dealkylation sites (tertiary alicyclic amines) is 1. The molecule has 7 nitrogen and oxygen atoms in total. The van der Waals surface area contributed by atoms with Gasteiger partial charge in [0.15, 0.2) is 0 Å². The first-order valence-electron chi connectivity index (χ1n) is 12.2. The summed E-state index contributed by atoms with van der Waals surface area (Å²) in [5.74, 6) is 0.635. The molecule has 2 aliphatic heterocycles. The summed E-state index contributed by atoms with van der Waals surface area (Å²) in [7, 11) is 0. The molecular weight excluding hydrogens is 404 g/mol. The first-order valence-corrected chi connectivity index (χ1v) is 12.2. The van der Waals surface area contributed by atoms with Crippen molar-refractivity contribution in [2.75, 3.05) is 37.7 Å². The molecule has 1 N–H and O–H groups in total. The SMILES string of the molecule is CCC(=O)N1CCC2(CC1)C(=O)N(CC(=O)NCC1CCCCC1)CN2c1ccccc1. The van der Waals surface area contributed by atoms with Gasteiger partial charge in [-0.1, -0.05) is 44.4 Å². The van der Waals surface area contributed by atoms with Crippen molar-refractivity contribution >= 4 is 23.4 Å². The topological polar surface area (TPSA) is 73.0 Å². The number of piperidine rings is 1. The minimum atomic E-state index is -0.685. The normalized spacial score (nSPS) is 21.3. The predicted octanol–water partition coefficient (Wildman–Crippen LogP) is 2.76. The molecule has 32 heavy (non-hydrogen) atoms. The average molecular weight is 441 g/mol. The van der Waals surface area contributed by atoms with Gasteiger partial charge in [-0.15, -0.1) is 0 Å². The molecule has 1 aromatic rings. The third kappa shape index (κ3) is 4.62. The Morgan fingerprint density at radius 1 is 1.06 bits per heavy atom. The zero-order valence-corrected chi connectivity index (χ0v) is 19.2. The molecule has 0 bridgehead atoms. The Hall–Kier alpha value is -2.57. The van der Waals surface area contributed by atoms with E-state index in [4.69, 9.17) is 0 Å². The lowest BCUT2D eigenvalue weighted by Gasteiger charge is -2.43. The standard InChI is InChI=1S/C25H36N4O3/c1-2-23(31)27-15-13-25(14-16-27)24(32)28(19-29(25)21-11-7-4-8-12-21)18-22(30)26-17-20-9-5-3-6-10-20/h4,7-8,11-12,20H,2-3,5-6,9-10,13-19H2,1H3,(H,26,30). The molecular formula is C25H36N4O3. The van der Waals surface area contributed by atoms with E-state index in [0.717, 1.165) is 5.69 Å².